The fraction of sp³-hybridized carbons (Fsp3) is 0.188. The summed E-state index contributed by atoms with van der Waals surface area (Å²) in [5, 5.41) is 0. The van der Waals surface area contributed by atoms with Crippen LogP contribution in [0, 0.1) is 3.57 Å². The molecule has 0 N–H and O–H groups in total. The lowest BCUT2D eigenvalue weighted by atomic mass is 10.2. The van der Waals surface area contributed by atoms with Crippen molar-refractivity contribution in [2.45, 2.75) is 22.9 Å². The molecular formula is C16H12F3IS2. The van der Waals surface area contributed by atoms with E-state index in [9.17, 15) is 13.2 Å². The van der Waals surface area contributed by atoms with Gasteiger partial charge in [0, 0.05) is 18.9 Å². The molecule has 0 bridgehead atoms. The van der Waals surface area contributed by atoms with E-state index in [1.807, 2.05) is 12.1 Å². The van der Waals surface area contributed by atoms with Crippen LogP contribution in [0.1, 0.15) is 18.1 Å². The predicted molar refractivity (Wildman–Crippen MR) is 97.0 cm³/mol. The second-order valence-corrected chi connectivity index (χ2v) is 10.4. The lowest BCUT2D eigenvalue weighted by Crippen LogP contribution is -2.04. The second kappa shape index (κ2) is 6.57. The molecular weight excluding hydrogens is 440 g/mol. The quantitative estimate of drug-likeness (QED) is 0.400. The van der Waals surface area contributed by atoms with E-state index in [0.29, 0.717) is 0 Å². The molecule has 6 heteroatoms. The molecule has 0 saturated heterocycles. The largest absolute Gasteiger partial charge is 0.416 e. The highest BCUT2D eigenvalue weighted by molar-refractivity contribution is 14.2. The zero-order valence-corrected chi connectivity index (χ0v) is 15.4. The van der Waals surface area contributed by atoms with Crippen molar-refractivity contribution in [3.05, 3.63) is 57.2 Å². The van der Waals surface area contributed by atoms with Crippen molar-refractivity contribution in [3.63, 3.8) is 0 Å². The van der Waals surface area contributed by atoms with E-state index in [-0.39, 0.29) is 0 Å². The van der Waals surface area contributed by atoms with Crippen LogP contribution in [0.15, 0.2) is 52.3 Å². The van der Waals surface area contributed by atoms with Gasteiger partial charge in [-0.3, -0.25) is 0 Å². The van der Waals surface area contributed by atoms with Crippen LogP contribution in [-0.2, 0) is 6.18 Å². The molecule has 1 heterocycles. The van der Waals surface area contributed by atoms with Gasteiger partial charge in [-0.2, -0.15) is 13.2 Å². The van der Waals surface area contributed by atoms with E-state index < -0.39 is 32.5 Å². The molecule has 0 aromatic heterocycles. The van der Waals surface area contributed by atoms with Gasteiger partial charge in [-0.15, -0.1) is 11.8 Å². The molecule has 2 aromatic carbocycles. The molecule has 0 nitrogen and oxygen atoms in total. The third-order valence-electron chi connectivity index (χ3n) is 3.05. The SMILES string of the molecule is CCSc1ccccc1C1=Ic2cc(C(F)(F)F)ccc2S1. The first-order chi connectivity index (χ1) is 10.5. The maximum Gasteiger partial charge on any atom is 0.416 e. The number of fused-ring (bicyclic) bond motifs is 1. The Morgan fingerprint density at radius 2 is 1.91 bits per heavy atom. The number of hydrogen-bond donors (Lipinski definition) is 0. The number of rotatable bonds is 3. The molecule has 1 aliphatic heterocycles. The van der Waals surface area contributed by atoms with Crippen LogP contribution in [0.2, 0.25) is 0 Å². The van der Waals surface area contributed by atoms with E-state index >= 15 is 0 Å². The summed E-state index contributed by atoms with van der Waals surface area (Å²) in [6.07, 6.45) is -4.26. The Morgan fingerprint density at radius 1 is 1.14 bits per heavy atom. The van der Waals surface area contributed by atoms with Crippen molar-refractivity contribution in [1.82, 2.24) is 0 Å². The molecule has 0 atom stereocenters. The number of thioether (sulfide) groups is 2. The van der Waals surface area contributed by atoms with Gasteiger partial charge in [0.2, 0.25) is 0 Å². The van der Waals surface area contributed by atoms with E-state index in [1.165, 1.54) is 25.4 Å². The van der Waals surface area contributed by atoms with E-state index in [4.69, 9.17) is 0 Å². The van der Waals surface area contributed by atoms with Crippen LogP contribution >= 0.6 is 44.3 Å². The Morgan fingerprint density at radius 3 is 2.64 bits per heavy atom. The number of hydrogen-bond acceptors (Lipinski definition) is 2. The highest BCUT2D eigenvalue weighted by Crippen LogP contribution is 2.45. The van der Waals surface area contributed by atoms with Crippen molar-refractivity contribution in [2.24, 2.45) is 0 Å². The first kappa shape index (κ1) is 16.4. The summed E-state index contributed by atoms with van der Waals surface area (Å²) in [5.41, 5.74) is 0.654. The maximum atomic E-state index is 12.8. The van der Waals surface area contributed by atoms with Crippen LogP contribution in [-0.4, -0.2) is 8.59 Å². The maximum absolute atomic E-state index is 12.8. The minimum atomic E-state index is -4.26. The normalized spacial score (nSPS) is 14.3. The molecule has 0 fully saturated rings. The summed E-state index contributed by atoms with van der Waals surface area (Å²) < 4.78 is 40.6. The van der Waals surface area contributed by atoms with Crippen LogP contribution in [0.4, 0.5) is 13.2 Å². The molecule has 2 aromatic rings. The summed E-state index contributed by atoms with van der Waals surface area (Å²) in [7, 11) is 0. The molecule has 22 heavy (non-hydrogen) atoms. The lowest BCUT2D eigenvalue weighted by Gasteiger charge is -2.08. The van der Waals surface area contributed by atoms with Crippen LogP contribution in [0.25, 0.3) is 0 Å². The first-order valence-corrected chi connectivity index (χ1v) is 10.6. The average Bonchev–Trinajstić information content (AvgIpc) is 2.90. The topological polar surface area (TPSA) is 0 Å². The van der Waals surface area contributed by atoms with E-state index in [2.05, 4.69) is 19.1 Å². The zero-order valence-electron chi connectivity index (χ0n) is 11.6. The molecule has 0 amide bonds. The minimum Gasteiger partial charge on any atom is -0.166 e. The fourth-order valence-corrected chi connectivity index (χ4v) is 8.34. The Hall–Kier alpha value is -0.470. The Balaban J connectivity index is 1.98. The molecule has 0 aliphatic carbocycles. The number of alkyl halides is 3. The molecule has 0 unspecified atom stereocenters. The van der Waals surface area contributed by atoms with Crippen LogP contribution in [0.5, 0.6) is 0 Å². The third kappa shape index (κ3) is 3.38. The summed E-state index contributed by atoms with van der Waals surface area (Å²) in [6.45, 7) is 2.10. The van der Waals surface area contributed by atoms with Gasteiger partial charge in [0.1, 0.15) is 0 Å². The smallest absolute Gasteiger partial charge is 0.166 e. The van der Waals surface area contributed by atoms with Crippen molar-refractivity contribution in [2.75, 3.05) is 5.75 Å². The van der Waals surface area contributed by atoms with Crippen molar-refractivity contribution < 1.29 is 13.2 Å². The molecule has 3 rings (SSSR count). The Bertz CT molecular complexity index is 738. The standard InChI is InChI=1S/C16H12F3IS2/c1-2-21-13-6-4-3-5-11(13)15-20-12-9-10(16(17,18)19)7-8-14(12)22-15/h3-9H,2H2,1H3. The fourth-order valence-electron chi connectivity index (χ4n) is 2.06. The highest BCUT2D eigenvalue weighted by Gasteiger charge is 2.32. The van der Waals surface area contributed by atoms with Gasteiger partial charge in [0.05, 0.1) is 8.40 Å². The number of halogens is 4. The van der Waals surface area contributed by atoms with Gasteiger partial charge in [-0.05, 0) is 30.0 Å². The molecule has 0 radical (unpaired) electrons. The summed E-state index contributed by atoms with van der Waals surface area (Å²) in [6, 6.07) is 12.3. The van der Waals surface area contributed by atoms with Gasteiger partial charge in [0.25, 0.3) is 0 Å². The van der Waals surface area contributed by atoms with Crippen LogP contribution < -0.4 is 0 Å². The Kier molecular flexibility index (Phi) is 4.89. The van der Waals surface area contributed by atoms with Crippen LogP contribution in [0.3, 0.4) is 0 Å². The molecule has 0 spiro atoms. The van der Waals surface area contributed by atoms with E-state index in [0.717, 1.165) is 14.2 Å². The summed E-state index contributed by atoms with van der Waals surface area (Å²) in [4.78, 5) is 2.20. The van der Waals surface area contributed by atoms with Crippen molar-refractivity contribution in [1.29, 1.82) is 0 Å². The number of benzene rings is 2. The minimum absolute atomic E-state index is 0.538. The molecule has 0 saturated carbocycles. The average molecular weight is 452 g/mol. The van der Waals surface area contributed by atoms with Gasteiger partial charge in [-0.1, -0.05) is 57.6 Å². The zero-order chi connectivity index (χ0) is 15.7. The van der Waals surface area contributed by atoms with E-state index in [1.54, 1.807) is 29.6 Å². The highest BCUT2D eigenvalue weighted by atomic mass is 127. The third-order valence-corrected chi connectivity index (χ3v) is 9.06. The Labute approximate surface area is 145 Å². The second-order valence-electron chi connectivity index (χ2n) is 4.54. The summed E-state index contributed by atoms with van der Waals surface area (Å²) >= 11 is 2.86. The molecule has 116 valence electrons. The lowest BCUT2D eigenvalue weighted by molar-refractivity contribution is -0.137. The van der Waals surface area contributed by atoms with Gasteiger partial charge >= 0.3 is 6.18 Å². The van der Waals surface area contributed by atoms with Gasteiger partial charge < -0.3 is 0 Å². The first-order valence-electron chi connectivity index (χ1n) is 6.62. The van der Waals surface area contributed by atoms with Crippen molar-refractivity contribution in [3.8, 4) is 0 Å². The van der Waals surface area contributed by atoms with Crippen molar-refractivity contribution >= 4 is 47.1 Å². The monoisotopic (exact) mass is 452 g/mol. The summed E-state index contributed by atoms with van der Waals surface area (Å²) in [5.74, 6) is 0.985. The van der Waals surface area contributed by atoms with Gasteiger partial charge in [0.15, 0.2) is 0 Å². The van der Waals surface area contributed by atoms with Gasteiger partial charge in [-0.25, -0.2) is 0 Å². The predicted octanol–water partition coefficient (Wildman–Crippen LogP) is 6.24. The molecule has 1 aliphatic rings.